The van der Waals surface area contributed by atoms with Crippen LogP contribution in [0.15, 0.2) is 36.5 Å². The van der Waals surface area contributed by atoms with Crippen LogP contribution in [-0.4, -0.2) is 22.2 Å². The molecule has 0 bridgehead atoms. The Labute approximate surface area is 113 Å². The van der Waals surface area contributed by atoms with Gasteiger partial charge in [0.2, 0.25) is 0 Å². The number of benzene rings is 1. The molecule has 0 amide bonds. The minimum absolute atomic E-state index is 0.178. The van der Waals surface area contributed by atoms with Crippen molar-refractivity contribution in [3.8, 4) is 0 Å². The van der Waals surface area contributed by atoms with Crippen LogP contribution in [0.2, 0.25) is 0 Å². The van der Waals surface area contributed by atoms with Crippen molar-refractivity contribution >= 4 is 16.6 Å². The molecule has 1 heterocycles. The maximum absolute atomic E-state index is 9.78. The molecule has 0 unspecified atom stereocenters. The number of aliphatic hydroxyl groups is 1. The monoisotopic (exact) mass is 256 g/mol. The average molecular weight is 256 g/mol. The zero-order valence-electron chi connectivity index (χ0n) is 11.1. The summed E-state index contributed by atoms with van der Waals surface area (Å²) in [7, 11) is 0. The van der Waals surface area contributed by atoms with Gasteiger partial charge in [0.15, 0.2) is 0 Å². The van der Waals surface area contributed by atoms with Crippen molar-refractivity contribution in [2.24, 2.45) is 0 Å². The van der Waals surface area contributed by atoms with Crippen LogP contribution in [0.5, 0.6) is 0 Å². The fraction of sp³-hybridized carbons (Fsp3) is 0.438. The molecule has 0 aliphatic heterocycles. The smallest absolute Gasteiger partial charge is 0.134 e. The second kappa shape index (κ2) is 5.17. The first-order valence-corrected chi connectivity index (χ1v) is 7.06. The van der Waals surface area contributed by atoms with Gasteiger partial charge in [0.05, 0.1) is 12.1 Å². The quantitative estimate of drug-likeness (QED) is 0.885. The number of aliphatic hydroxyl groups excluding tert-OH is 1. The molecule has 2 N–H and O–H groups in total. The van der Waals surface area contributed by atoms with Crippen molar-refractivity contribution < 1.29 is 5.11 Å². The molecule has 2 aromatic rings. The summed E-state index contributed by atoms with van der Waals surface area (Å²) in [5.41, 5.74) is -0.185. The molecule has 3 heteroatoms. The van der Waals surface area contributed by atoms with Crippen molar-refractivity contribution in [2.75, 3.05) is 11.9 Å². The van der Waals surface area contributed by atoms with E-state index >= 15 is 0 Å². The number of nitrogens with zero attached hydrogens (tertiary/aromatic N) is 1. The van der Waals surface area contributed by atoms with Crippen LogP contribution in [0.4, 0.5) is 5.82 Å². The SMILES string of the molecule is OCC1(Nc2nccc3ccccc23)CCCCC1. The Bertz CT molecular complexity index is 556. The summed E-state index contributed by atoms with van der Waals surface area (Å²) in [6, 6.07) is 10.3. The van der Waals surface area contributed by atoms with Gasteiger partial charge in [0, 0.05) is 11.6 Å². The molecular weight excluding hydrogens is 236 g/mol. The first-order chi connectivity index (χ1) is 9.33. The van der Waals surface area contributed by atoms with E-state index < -0.39 is 0 Å². The number of rotatable bonds is 3. The third-order valence-corrected chi connectivity index (χ3v) is 4.17. The zero-order chi connectivity index (χ0) is 13.1. The van der Waals surface area contributed by atoms with E-state index in [4.69, 9.17) is 0 Å². The van der Waals surface area contributed by atoms with Crippen LogP contribution in [-0.2, 0) is 0 Å². The molecule has 0 spiro atoms. The van der Waals surface area contributed by atoms with Crippen molar-refractivity contribution in [2.45, 2.75) is 37.6 Å². The number of hydrogen-bond acceptors (Lipinski definition) is 3. The summed E-state index contributed by atoms with van der Waals surface area (Å²) < 4.78 is 0. The van der Waals surface area contributed by atoms with Gasteiger partial charge in [-0.1, -0.05) is 43.5 Å². The lowest BCUT2D eigenvalue weighted by molar-refractivity contribution is 0.172. The topological polar surface area (TPSA) is 45.1 Å². The Morgan fingerprint density at radius 2 is 1.89 bits per heavy atom. The minimum Gasteiger partial charge on any atom is -0.394 e. The number of nitrogens with one attached hydrogen (secondary N) is 1. The van der Waals surface area contributed by atoms with Crippen LogP contribution in [0.1, 0.15) is 32.1 Å². The Balaban J connectivity index is 1.96. The number of hydrogen-bond donors (Lipinski definition) is 2. The zero-order valence-corrected chi connectivity index (χ0v) is 11.1. The molecule has 3 nitrogen and oxygen atoms in total. The van der Waals surface area contributed by atoms with E-state index in [9.17, 15) is 5.11 Å². The third kappa shape index (κ3) is 2.43. The van der Waals surface area contributed by atoms with Crippen molar-refractivity contribution in [3.05, 3.63) is 36.5 Å². The van der Waals surface area contributed by atoms with Crippen LogP contribution in [0.3, 0.4) is 0 Å². The molecule has 1 saturated carbocycles. The van der Waals surface area contributed by atoms with E-state index in [0.717, 1.165) is 24.0 Å². The first-order valence-electron chi connectivity index (χ1n) is 7.06. The molecule has 0 atom stereocenters. The highest BCUT2D eigenvalue weighted by atomic mass is 16.3. The van der Waals surface area contributed by atoms with Crippen LogP contribution < -0.4 is 5.32 Å². The molecule has 1 aliphatic rings. The van der Waals surface area contributed by atoms with Crippen LogP contribution >= 0.6 is 0 Å². The van der Waals surface area contributed by atoms with Gasteiger partial charge in [0.1, 0.15) is 5.82 Å². The Morgan fingerprint density at radius 3 is 2.68 bits per heavy atom. The summed E-state index contributed by atoms with van der Waals surface area (Å²) in [4.78, 5) is 4.47. The summed E-state index contributed by atoms with van der Waals surface area (Å²) >= 11 is 0. The van der Waals surface area contributed by atoms with Crippen molar-refractivity contribution in [3.63, 3.8) is 0 Å². The molecule has 1 aromatic carbocycles. The van der Waals surface area contributed by atoms with Gasteiger partial charge in [-0.15, -0.1) is 0 Å². The highest BCUT2D eigenvalue weighted by Gasteiger charge is 2.31. The van der Waals surface area contributed by atoms with Crippen LogP contribution in [0, 0.1) is 0 Å². The standard InChI is InChI=1S/C16H20N2O/c19-12-16(9-4-1-5-10-16)18-15-14-7-3-2-6-13(14)8-11-17-15/h2-3,6-8,11,19H,1,4-5,9-10,12H2,(H,17,18). The van der Waals surface area contributed by atoms with Gasteiger partial charge in [0.25, 0.3) is 0 Å². The molecule has 1 aliphatic carbocycles. The first kappa shape index (κ1) is 12.4. The highest BCUT2D eigenvalue weighted by molar-refractivity contribution is 5.91. The number of fused-ring (bicyclic) bond motifs is 1. The number of pyridine rings is 1. The summed E-state index contributed by atoms with van der Waals surface area (Å²) in [5, 5.41) is 15.6. The molecule has 1 aromatic heterocycles. The molecule has 1 fully saturated rings. The van der Waals surface area contributed by atoms with Crippen molar-refractivity contribution in [1.29, 1.82) is 0 Å². The largest absolute Gasteiger partial charge is 0.394 e. The summed E-state index contributed by atoms with van der Waals surface area (Å²) in [5.74, 6) is 0.897. The predicted molar refractivity (Wildman–Crippen MR) is 78.3 cm³/mol. The molecule has 0 radical (unpaired) electrons. The minimum atomic E-state index is -0.185. The van der Waals surface area contributed by atoms with Gasteiger partial charge >= 0.3 is 0 Å². The second-order valence-electron chi connectivity index (χ2n) is 5.50. The Hall–Kier alpha value is -1.61. The van der Waals surface area contributed by atoms with Crippen molar-refractivity contribution in [1.82, 2.24) is 4.98 Å². The van der Waals surface area contributed by atoms with Gasteiger partial charge in [-0.05, 0) is 24.3 Å². The predicted octanol–water partition coefficient (Wildman–Crippen LogP) is 3.34. The van der Waals surface area contributed by atoms with E-state index in [1.165, 1.54) is 24.6 Å². The lowest BCUT2D eigenvalue weighted by Crippen LogP contribution is -2.44. The Morgan fingerprint density at radius 1 is 1.11 bits per heavy atom. The fourth-order valence-corrected chi connectivity index (χ4v) is 3.02. The van der Waals surface area contributed by atoms with E-state index in [0.29, 0.717) is 0 Å². The average Bonchev–Trinajstić information content (AvgIpc) is 2.49. The van der Waals surface area contributed by atoms with Gasteiger partial charge < -0.3 is 10.4 Å². The third-order valence-electron chi connectivity index (χ3n) is 4.17. The summed E-state index contributed by atoms with van der Waals surface area (Å²) in [6.45, 7) is 0.178. The summed E-state index contributed by atoms with van der Waals surface area (Å²) in [6.07, 6.45) is 7.50. The second-order valence-corrected chi connectivity index (χ2v) is 5.50. The number of aromatic nitrogens is 1. The maximum atomic E-state index is 9.78. The normalized spacial score (nSPS) is 18.4. The lowest BCUT2D eigenvalue weighted by atomic mass is 9.82. The molecular formula is C16H20N2O. The lowest BCUT2D eigenvalue weighted by Gasteiger charge is -2.37. The molecule has 19 heavy (non-hydrogen) atoms. The van der Waals surface area contributed by atoms with E-state index in [-0.39, 0.29) is 12.1 Å². The molecule has 0 saturated heterocycles. The Kier molecular flexibility index (Phi) is 3.38. The number of anilines is 1. The van der Waals surface area contributed by atoms with Gasteiger partial charge in [-0.25, -0.2) is 4.98 Å². The van der Waals surface area contributed by atoms with E-state index in [1.807, 2.05) is 24.4 Å². The molecule has 3 rings (SSSR count). The maximum Gasteiger partial charge on any atom is 0.134 e. The highest BCUT2D eigenvalue weighted by Crippen LogP contribution is 2.32. The molecule has 100 valence electrons. The van der Waals surface area contributed by atoms with Gasteiger partial charge in [-0.3, -0.25) is 0 Å². The van der Waals surface area contributed by atoms with Gasteiger partial charge in [-0.2, -0.15) is 0 Å². The van der Waals surface area contributed by atoms with Crippen LogP contribution in [0.25, 0.3) is 10.8 Å². The van der Waals surface area contributed by atoms with E-state index in [1.54, 1.807) is 0 Å². The van der Waals surface area contributed by atoms with E-state index in [2.05, 4.69) is 22.4 Å². The fourth-order valence-electron chi connectivity index (χ4n) is 3.02.